The van der Waals surface area contributed by atoms with E-state index in [4.69, 9.17) is 4.74 Å². The van der Waals surface area contributed by atoms with E-state index in [-0.39, 0.29) is 4.90 Å². The van der Waals surface area contributed by atoms with E-state index in [9.17, 15) is 18.0 Å². The molecule has 0 saturated carbocycles. The van der Waals surface area contributed by atoms with Crippen molar-refractivity contribution < 1.29 is 22.7 Å². The van der Waals surface area contributed by atoms with Crippen molar-refractivity contribution in [3.8, 4) is 0 Å². The van der Waals surface area contributed by atoms with Gasteiger partial charge in [0.25, 0.3) is 5.91 Å². The Morgan fingerprint density at radius 3 is 2.50 bits per heavy atom. The molecule has 0 atom stereocenters. The summed E-state index contributed by atoms with van der Waals surface area (Å²) < 4.78 is 28.1. The fourth-order valence-electron chi connectivity index (χ4n) is 3.16. The molecule has 1 aliphatic heterocycles. The van der Waals surface area contributed by atoms with Crippen LogP contribution in [0.3, 0.4) is 0 Å². The summed E-state index contributed by atoms with van der Waals surface area (Å²) in [6.07, 6.45) is 1.84. The van der Waals surface area contributed by atoms with Crippen LogP contribution in [0.4, 0.5) is 5.00 Å². The van der Waals surface area contributed by atoms with E-state index in [1.807, 2.05) is 0 Å². The number of amides is 1. The van der Waals surface area contributed by atoms with Crippen LogP contribution in [-0.4, -0.2) is 51.6 Å². The molecule has 2 heterocycles. The fourth-order valence-corrected chi connectivity index (χ4v) is 5.06. The summed E-state index contributed by atoms with van der Waals surface area (Å²) in [6, 6.07) is 5.69. The first-order valence-corrected chi connectivity index (χ1v) is 11.5. The lowest BCUT2D eigenvalue weighted by Gasteiger charge is -2.25. The Morgan fingerprint density at radius 2 is 1.93 bits per heavy atom. The van der Waals surface area contributed by atoms with Crippen molar-refractivity contribution in [1.29, 1.82) is 0 Å². The molecular formula is C19H22N2O5S2. The number of sulfone groups is 1. The van der Waals surface area contributed by atoms with E-state index in [0.29, 0.717) is 16.1 Å². The number of ether oxygens (including phenoxy) is 1. The van der Waals surface area contributed by atoms with Crippen LogP contribution >= 0.6 is 11.3 Å². The largest absolute Gasteiger partial charge is 0.465 e. The summed E-state index contributed by atoms with van der Waals surface area (Å²) in [5.41, 5.74) is 1.66. The van der Waals surface area contributed by atoms with E-state index in [2.05, 4.69) is 17.1 Å². The second kappa shape index (κ2) is 8.02. The molecule has 3 rings (SSSR count). The molecule has 0 radical (unpaired) electrons. The minimum absolute atomic E-state index is 0.144. The molecule has 7 nitrogen and oxygen atoms in total. The lowest BCUT2D eigenvalue weighted by Crippen LogP contribution is -2.29. The van der Waals surface area contributed by atoms with Crippen molar-refractivity contribution in [2.24, 2.45) is 0 Å². The predicted molar refractivity (Wildman–Crippen MR) is 108 cm³/mol. The first-order chi connectivity index (χ1) is 13.2. The number of fused-ring (bicyclic) bond motifs is 1. The van der Waals surface area contributed by atoms with E-state index in [1.54, 1.807) is 0 Å². The quantitative estimate of drug-likeness (QED) is 0.745. The van der Waals surface area contributed by atoms with Crippen LogP contribution < -0.4 is 5.32 Å². The van der Waals surface area contributed by atoms with Gasteiger partial charge in [-0.3, -0.25) is 9.69 Å². The second-order valence-corrected chi connectivity index (χ2v) is 9.69. The van der Waals surface area contributed by atoms with Crippen molar-refractivity contribution in [2.45, 2.75) is 24.8 Å². The number of thiophene rings is 1. The SMILES string of the molecule is CCN1CCc2c(sc(NC(=O)c3ccc(S(C)(=O)=O)cc3)c2C(=O)OC)C1. The molecule has 0 spiro atoms. The molecule has 150 valence electrons. The van der Waals surface area contributed by atoms with Gasteiger partial charge in [0.1, 0.15) is 5.00 Å². The Labute approximate surface area is 168 Å². The topological polar surface area (TPSA) is 92.8 Å². The first kappa shape index (κ1) is 20.5. The number of rotatable bonds is 5. The molecule has 1 aromatic carbocycles. The van der Waals surface area contributed by atoms with Gasteiger partial charge in [-0.2, -0.15) is 0 Å². The summed E-state index contributed by atoms with van der Waals surface area (Å²) in [7, 11) is -2.01. The first-order valence-electron chi connectivity index (χ1n) is 8.81. The highest BCUT2D eigenvalue weighted by atomic mass is 32.2. The van der Waals surface area contributed by atoms with Crippen LogP contribution in [0.1, 0.15) is 38.1 Å². The average molecular weight is 423 g/mol. The lowest BCUT2D eigenvalue weighted by molar-refractivity contribution is 0.0600. The number of benzene rings is 1. The number of methoxy groups -OCH3 is 1. The van der Waals surface area contributed by atoms with Crippen LogP contribution in [0.5, 0.6) is 0 Å². The Balaban J connectivity index is 1.90. The van der Waals surface area contributed by atoms with Crippen LogP contribution in [-0.2, 0) is 27.5 Å². The average Bonchev–Trinajstić information content (AvgIpc) is 3.03. The number of carbonyl (C=O) groups is 2. The summed E-state index contributed by atoms with van der Waals surface area (Å²) >= 11 is 1.38. The van der Waals surface area contributed by atoms with Crippen LogP contribution in [0.25, 0.3) is 0 Å². The third-order valence-corrected chi connectivity index (χ3v) is 7.01. The van der Waals surface area contributed by atoms with E-state index < -0.39 is 21.7 Å². The molecule has 0 unspecified atom stereocenters. The van der Waals surface area contributed by atoms with Crippen LogP contribution in [0, 0.1) is 0 Å². The highest BCUT2D eigenvalue weighted by Crippen LogP contribution is 2.37. The summed E-state index contributed by atoms with van der Waals surface area (Å²) in [5, 5.41) is 3.27. The van der Waals surface area contributed by atoms with Gasteiger partial charge in [0.15, 0.2) is 9.84 Å². The molecule has 0 saturated heterocycles. The second-order valence-electron chi connectivity index (χ2n) is 6.57. The molecule has 0 aliphatic carbocycles. The number of nitrogens with zero attached hydrogens (tertiary/aromatic N) is 1. The zero-order chi connectivity index (χ0) is 20.5. The number of hydrogen-bond acceptors (Lipinski definition) is 7. The Hall–Kier alpha value is -2.23. The zero-order valence-corrected chi connectivity index (χ0v) is 17.6. The maximum atomic E-state index is 12.7. The summed E-state index contributed by atoms with van der Waals surface area (Å²) in [6.45, 7) is 4.59. The molecule has 9 heteroatoms. The molecule has 28 heavy (non-hydrogen) atoms. The van der Waals surface area contributed by atoms with Gasteiger partial charge in [-0.05, 0) is 42.8 Å². The van der Waals surface area contributed by atoms with Gasteiger partial charge in [-0.15, -0.1) is 11.3 Å². The molecule has 1 aromatic heterocycles. The molecule has 0 bridgehead atoms. The van der Waals surface area contributed by atoms with Crippen molar-refractivity contribution in [2.75, 3.05) is 31.8 Å². The summed E-state index contributed by atoms with van der Waals surface area (Å²) in [5.74, 6) is -0.874. The van der Waals surface area contributed by atoms with E-state index in [0.717, 1.165) is 42.8 Å². The Morgan fingerprint density at radius 1 is 1.25 bits per heavy atom. The van der Waals surface area contributed by atoms with Gasteiger partial charge in [-0.25, -0.2) is 13.2 Å². The maximum Gasteiger partial charge on any atom is 0.341 e. The number of likely N-dealkylation sites (N-methyl/N-ethyl adjacent to an activating group) is 1. The van der Waals surface area contributed by atoms with Gasteiger partial charge >= 0.3 is 5.97 Å². The number of carbonyl (C=O) groups excluding carboxylic acids is 2. The molecule has 2 aromatic rings. The van der Waals surface area contributed by atoms with Gasteiger partial charge in [-0.1, -0.05) is 6.92 Å². The Bertz CT molecular complexity index is 1010. The van der Waals surface area contributed by atoms with E-state index in [1.165, 1.54) is 42.7 Å². The van der Waals surface area contributed by atoms with Crippen molar-refractivity contribution >= 4 is 38.1 Å². The van der Waals surface area contributed by atoms with Gasteiger partial charge in [0.05, 0.1) is 17.6 Å². The van der Waals surface area contributed by atoms with E-state index >= 15 is 0 Å². The number of hydrogen-bond donors (Lipinski definition) is 1. The monoisotopic (exact) mass is 422 g/mol. The fraction of sp³-hybridized carbons (Fsp3) is 0.368. The number of esters is 1. The Kier molecular flexibility index (Phi) is 5.87. The third-order valence-electron chi connectivity index (χ3n) is 4.74. The van der Waals surface area contributed by atoms with Crippen molar-refractivity contribution in [3.63, 3.8) is 0 Å². The zero-order valence-electron chi connectivity index (χ0n) is 15.9. The highest BCUT2D eigenvalue weighted by Gasteiger charge is 2.29. The number of anilines is 1. The minimum atomic E-state index is -3.33. The highest BCUT2D eigenvalue weighted by molar-refractivity contribution is 7.90. The number of nitrogens with one attached hydrogen (secondary N) is 1. The van der Waals surface area contributed by atoms with Crippen LogP contribution in [0.15, 0.2) is 29.2 Å². The van der Waals surface area contributed by atoms with Gasteiger partial charge in [0.2, 0.25) is 0 Å². The maximum absolute atomic E-state index is 12.7. The molecule has 1 aliphatic rings. The molecule has 0 fully saturated rings. The third kappa shape index (κ3) is 4.11. The molecule has 1 amide bonds. The smallest absolute Gasteiger partial charge is 0.341 e. The summed E-state index contributed by atoms with van der Waals surface area (Å²) in [4.78, 5) is 28.5. The normalized spacial score (nSPS) is 14.4. The standard InChI is InChI=1S/C19H22N2O5S2/c1-4-21-10-9-14-15(11-21)27-18(16(14)19(23)26-2)20-17(22)12-5-7-13(8-6-12)28(3,24)25/h5-8H,4,9-11H2,1-3H3,(H,20,22). The van der Waals surface area contributed by atoms with Crippen molar-refractivity contribution in [3.05, 3.63) is 45.8 Å². The minimum Gasteiger partial charge on any atom is -0.465 e. The molecular weight excluding hydrogens is 400 g/mol. The van der Waals surface area contributed by atoms with Gasteiger partial charge in [0, 0.05) is 29.8 Å². The van der Waals surface area contributed by atoms with Crippen molar-refractivity contribution in [1.82, 2.24) is 4.90 Å². The lowest BCUT2D eigenvalue weighted by atomic mass is 10.0. The predicted octanol–water partition coefficient (Wildman–Crippen LogP) is 2.57. The van der Waals surface area contributed by atoms with Gasteiger partial charge < -0.3 is 10.1 Å². The van der Waals surface area contributed by atoms with Crippen LogP contribution in [0.2, 0.25) is 0 Å². The molecule has 1 N–H and O–H groups in total.